The smallest absolute Gasteiger partial charge is 0.322 e. The molecule has 4 nitrogen and oxygen atoms in total. The quantitative estimate of drug-likeness (QED) is 0.532. The van der Waals surface area contributed by atoms with E-state index in [4.69, 9.17) is 5.11 Å². The largest absolute Gasteiger partial charge is 0.480 e. The van der Waals surface area contributed by atoms with Gasteiger partial charge in [0.15, 0.2) is 0 Å². The van der Waals surface area contributed by atoms with E-state index in [2.05, 4.69) is 17.6 Å². The number of aliphatic carboxylic acids is 1. The molecule has 0 amide bonds. The number of carboxylic acid groups (broad SMARTS) is 1. The molecular weight excluding hydrogens is 156 g/mol. The zero-order valence-corrected chi connectivity index (χ0v) is 7.92. The van der Waals surface area contributed by atoms with E-state index < -0.39 is 12.0 Å². The van der Waals surface area contributed by atoms with Crippen LogP contribution >= 0.6 is 0 Å². The van der Waals surface area contributed by atoms with Crippen molar-refractivity contribution in [1.82, 2.24) is 10.6 Å². The first kappa shape index (κ1) is 11.4. The summed E-state index contributed by atoms with van der Waals surface area (Å²) in [5.41, 5.74) is 0. The van der Waals surface area contributed by atoms with Crippen molar-refractivity contribution < 1.29 is 9.90 Å². The van der Waals surface area contributed by atoms with Crippen LogP contribution in [-0.2, 0) is 4.79 Å². The monoisotopic (exact) mass is 174 g/mol. The Kier molecular flexibility index (Phi) is 5.66. The lowest BCUT2D eigenvalue weighted by atomic mass is 10.2. The third kappa shape index (κ3) is 4.31. The highest BCUT2D eigenvalue weighted by Gasteiger charge is 2.14. The summed E-state index contributed by atoms with van der Waals surface area (Å²) in [6.45, 7) is 4.57. The van der Waals surface area contributed by atoms with E-state index in [0.29, 0.717) is 12.6 Å². The second kappa shape index (κ2) is 5.97. The van der Waals surface area contributed by atoms with Crippen molar-refractivity contribution in [2.45, 2.75) is 32.4 Å². The van der Waals surface area contributed by atoms with Gasteiger partial charge in [-0.05, 0) is 20.4 Å². The second-order valence-electron chi connectivity index (χ2n) is 2.90. The molecule has 2 atom stereocenters. The fraction of sp³-hybridized carbons (Fsp3) is 0.875. The number of hydrogen-bond acceptors (Lipinski definition) is 3. The minimum absolute atomic E-state index is 0.375. The van der Waals surface area contributed by atoms with E-state index in [-0.39, 0.29) is 0 Å². The summed E-state index contributed by atoms with van der Waals surface area (Å²) in [7, 11) is 1.65. The minimum atomic E-state index is -0.812. The van der Waals surface area contributed by atoms with Crippen LogP contribution in [0.3, 0.4) is 0 Å². The van der Waals surface area contributed by atoms with Crippen LogP contribution in [-0.4, -0.2) is 36.8 Å². The van der Waals surface area contributed by atoms with Gasteiger partial charge in [0.2, 0.25) is 0 Å². The van der Waals surface area contributed by atoms with Crippen molar-refractivity contribution in [1.29, 1.82) is 0 Å². The standard InChI is InChI=1S/C8H18N2O2/c1-4-6(2)10-5-7(9-3)8(11)12/h6-7,9-10H,4-5H2,1-3H3,(H,11,12). The van der Waals surface area contributed by atoms with Crippen LogP contribution in [0.4, 0.5) is 0 Å². The zero-order valence-electron chi connectivity index (χ0n) is 7.92. The SMILES string of the molecule is CCC(C)NCC(NC)C(=O)O. The maximum atomic E-state index is 10.5. The van der Waals surface area contributed by atoms with Crippen LogP contribution in [0.5, 0.6) is 0 Å². The van der Waals surface area contributed by atoms with Crippen molar-refractivity contribution in [2.24, 2.45) is 0 Å². The van der Waals surface area contributed by atoms with Gasteiger partial charge in [0.05, 0.1) is 0 Å². The molecule has 0 fully saturated rings. The van der Waals surface area contributed by atoms with Crippen molar-refractivity contribution >= 4 is 5.97 Å². The third-order valence-corrected chi connectivity index (χ3v) is 1.93. The van der Waals surface area contributed by atoms with Crippen molar-refractivity contribution in [3.05, 3.63) is 0 Å². The van der Waals surface area contributed by atoms with Crippen LogP contribution in [0, 0.1) is 0 Å². The Morgan fingerprint density at radius 2 is 2.17 bits per heavy atom. The predicted molar refractivity (Wildman–Crippen MR) is 48.2 cm³/mol. The molecular formula is C8H18N2O2. The van der Waals surface area contributed by atoms with Crippen LogP contribution in [0.15, 0.2) is 0 Å². The maximum absolute atomic E-state index is 10.5. The van der Waals surface area contributed by atoms with Gasteiger partial charge in [0.1, 0.15) is 6.04 Å². The molecule has 72 valence electrons. The Labute approximate surface area is 73.3 Å². The molecule has 3 N–H and O–H groups in total. The Morgan fingerprint density at radius 1 is 1.58 bits per heavy atom. The zero-order chi connectivity index (χ0) is 9.56. The Hall–Kier alpha value is -0.610. The summed E-state index contributed by atoms with van der Waals surface area (Å²) in [6, 6.07) is -0.112. The lowest BCUT2D eigenvalue weighted by Gasteiger charge is -2.15. The first-order valence-corrected chi connectivity index (χ1v) is 4.25. The van der Waals surface area contributed by atoms with Gasteiger partial charge in [-0.3, -0.25) is 4.79 Å². The summed E-state index contributed by atoms with van der Waals surface area (Å²) < 4.78 is 0. The number of carboxylic acids is 1. The summed E-state index contributed by atoms with van der Waals surface area (Å²) in [4.78, 5) is 10.5. The molecule has 0 aliphatic heterocycles. The Morgan fingerprint density at radius 3 is 2.50 bits per heavy atom. The van der Waals surface area contributed by atoms with Crippen molar-refractivity contribution in [3.63, 3.8) is 0 Å². The van der Waals surface area contributed by atoms with E-state index in [1.54, 1.807) is 7.05 Å². The van der Waals surface area contributed by atoms with Crippen molar-refractivity contribution in [3.8, 4) is 0 Å². The van der Waals surface area contributed by atoms with Gasteiger partial charge in [-0.2, -0.15) is 0 Å². The summed E-state index contributed by atoms with van der Waals surface area (Å²) in [6.07, 6.45) is 1.01. The summed E-state index contributed by atoms with van der Waals surface area (Å²) in [5, 5.41) is 14.5. The molecule has 0 aliphatic carbocycles. The van der Waals surface area contributed by atoms with Crippen LogP contribution < -0.4 is 10.6 Å². The molecule has 0 aromatic rings. The number of nitrogens with one attached hydrogen (secondary N) is 2. The third-order valence-electron chi connectivity index (χ3n) is 1.93. The first-order chi connectivity index (χ1) is 5.61. The Bertz CT molecular complexity index is 139. The highest BCUT2D eigenvalue weighted by Crippen LogP contribution is 1.88. The van der Waals surface area contributed by atoms with Crippen LogP contribution in [0.1, 0.15) is 20.3 Å². The average Bonchev–Trinajstić information content (AvgIpc) is 2.04. The Balaban J connectivity index is 3.65. The topological polar surface area (TPSA) is 61.4 Å². The van der Waals surface area contributed by atoms with E-state index in [9.17, 15) is 4.79 Å². The second-order valence-corrected chi connectivity index (χ2v) is 2.90. The highest BCUT2D eigenvalue weighted by molar-refractivity contribution is 5.73. The van der Waals surface area contributed by atoms with Gasteiger partial charge >= 0.3 is 5.97 Å². The molecule has 4 heteroatoms. The molecule has 2 unspecified atom stereocenters. The lowest BCUT2D eigenvalue weighted by molar-refractivity contribution is -0.139. The average molecular weight is 174 g/mol. The number of rotatable bonds is 6. The van der Waals surface area contributed by atoms with Crippen molar-refractivity contribution in [2.75, 3.05) is 13.6 Å². The van der Waals surface area contributed by atoms with Gasteiger partial charge in [0, 0.05) is 12.6 Å². The molecule has 12 heavy (non-hydrogen) atoms. The highest BCUT2D eigenvalue weighted by atomic mass is 16.4. The minimum Gasteiger partial charge on any atom is -0.480 e. The molecule has 0 aromatic heterocycles. The first-order valence-electron chi connectivity index (χ1n) is 4.25. The van der Waals surface area contributed by atoms with Gasteiger partial charge < -0.3 is 15.7 Å². The molecule has 0 radical (unpaired) electrons. The molecule has 0 aliphatic rings. The number of likely N-dealkylation sites (N-methyl/N-ethyl adjacent to an activating group) is 1. The number of carbonyl (C=O) groups is 1. The predicted octanol–water partition coefficient (Wildman–Crippen LogP) is 0.0471. The van der Waals surface area contributed by atoms with Gasteiger partial charge in [-0.25, -0.2) is 0 Å². The van der Waals surface area contributed by atoms with Crippen LogP contribution in [0.2, 0.25) is 0 Å². The number of hydrogen-bond donors (Lipinski definition) is 3. The molecule has 0 bridgehead atoms. The van der Waals surface area contributed by atoms with Gasteiger partial charge in [0.25, 0.3) is 0 Å². The van der Waals surface area contributed by atoms with Gasteiger partial charge in [-0.1, -0.05) is 6.92 Å². The molecule has 0 aromatic carbocycles. The van der Waals surface area contributed by atoms with Gasteiger partial charge in [-0.15, -0.1) is 0 Å². The van der Waals surface area contributed by atoms with E-state index in [1.807, 2.05) is 6.92 Å². The summed E-state index contributed by atoms with van der Waals surface area (Å²) >= 11 is 0. The summed E-state index contributed by atoms with van der Waals surface area (Å²) in [5.74, 6) is -0.812. The van der Waals surface area contributed by atoms with E-state index in [0.717, 1.165) is 6.42 Å². The molecule has 0 spiro atoms. The van der Waals surface area contributed by atoms with Crippen LogP contribution in [0.25, 0.3) is 0 Å². The van der Waals surface area contributed by atoms with E-state index >= 15 is 0 Å². The molecule has 0 heterocycles. The molecule has 0 saturated heterocycles. The fourth-order valence-electron chi connectivity index (χ4n) is 0.776. The van der Waals surface area contributed by atoms with E-state index in [1.165, 1.54) is 0 Å². The fourth-order valence-corrected chi connectivity index (χ4v) is 0.776. The molecule has 0 saturated carbocycles. The normalized spacial score (nSPS) is 15.6. The molecule has 0 rings (SSSR count). The lowest BCUT2D eigenvalue weighted by Crippen LogP contribution is -2.44. The maximum Gasteiger partial charge on any atom is 0.322 e.